The van der Waals surface area contributed by atoms with E-state index in [0.717, 1.165) is 25.7 Å². The molecular formula is C16H30N2O. The third-order valence-electron chi connectivity index (χ3n) is 3.71. The van der Waals surface area contributed by atoms with Crippen molar-refractivity contribution in [3.63, 3.8) is 0 Å². The highest BCUT2D eigenvalue weighted by molar-refractivity contribution is 5.15. The van der Waals surface area contributed by atoms with Crippen molar-refractivity contribution in [2.24, 2.45) is 5.73 Å². The maximum absolute atomic E-state index is 10.1. The maximum Gasteiger partial charge on any atom is 0.105 e. The van der Waals surface area contributed by atoms with Crippen molar-refractivity contribution in [2.45, 2.75) is 70.6 Å². The Morgan fingerprint density at radius 1 is 1.42 bits per heavy atom. The molecule has 0 spiro atoms. The standard InChI is InChI=1S/C16H30N2O/c1-2-3-11-15(14-9-5-4-6-10-14)18-16(19)12-7-8-13-17/h2-3,9,15-16,18-19H,4-8,10-13,17H2,1H3/b3-2+. The van der Waals surface area contributed by atoms with Crippen LogP contribution in [0.5, 0.6) is 0 Å². The molecule has 1 aliphatic carbocycles. The van der Waals surface area contributed by atoms with E-state index in [1.807, 2.05) is 6.92 Å². The molecule has 0 heterocycles. The number of aliphatic hydroxyl groups excluding tert-OH is 1. The number of aliphatic hydroxyl groups is 1. The van der Waals surface area contributed by atoms with Gasteiger partial charge in [-0.1, -0.05) is 23.8 Å². The van der Waals surface area contributed by atoms with Crippen molar-refractivity contribution in [2.75, 3.05) is 6.54 Å². The first-order valence-electron chi connectivity index (χ1n) is 7.72. The van der Waals surface area contributed by atoms with Crippen LogP contribution < -0.4 is 11.1 Å². The molecule has 0 saturated heterocycles. The number of nitrogens with two attached hydrogens (primary N) is 1. The van der Waals surface area contributed by atoms with E-state index in [4.69, 9.17) is 5.73 Å². The third-order valence-corrected chi connectivity index (χ3v) is 3.71. The molecule has 2 atom stereocenters. The van der Waals surface area contributed by atoms with E-state index in [0.29, 0.717) is 12.6 Å². The summed E-state index contributed by atoms with van der Waals surface area (Å²) in [6, 6.07) is 0.296. The molecule has 3 nitrogen and oxygen atoms in total. The van der Waals surface area contributed by atoms with Crippen LogP contribution in [0.3, 0.4) is 0 Å². The first kappa shape index (κ1) is 16.4. The highest BCUT2D eigenvalue weighted by atomic mass is 16.3. The Balaban J connectivity index is 2.46. The maximum atomic E-state index is 10.1. The Kier molecular flexibility index (Phi) is 8.80. The number of rotatable bonds is 9. The summed E-state index contributed by atoms with van der Waals surface area (Å²) >= 11 is 0. The average Bonchev–Trinajstić information content (AvgIpc) is 2.44. The molecular weight excluding hydrogens is 236 g/mol. The van der Waals surface area contributed by atoms with Crippen molar-refractivity contribution < 1.29 is 5.11 Å². The predicted molar refractivity (Wildman–Crippen MR) is 81.8 cm³/mol. The van der Waals surface area contributed by atoms with Crippen LogP contribution in [0.1, 0.15) is 58.3 Å². The van der Waals surface area contributed by atoms with E-state index >= 15 is 0 Å². The molecule has 110 valence electrons. The minimum Gasteiger partial charge on any atom is -0.379 e. The summed E-state index contributed by atoms with van der Waals surface area (Å²) in [5.74, 6) is 0. The van der Waals surface area contributed by atoms with Crippen LogP contribution in [0.2, 0.25) is 0 Å². The minimum absolute atomic E-state index is 0.296. The molecule has 1 rings (SSSR count). The van der Waals surface area contributed by atoms with Gasteiger partial charge >= 0.3 is 0 Å². The van der Waals surface area contributed by atoms with E-state index in [-0.39, 0.29) is 0 Å². The van der Waals surface area contributed by atoms with Crippen LogP contribution in [0.4, 0.5) is 0 Å². The van der Waals surface area contributed by atoms with Gasteiger partial charge in [0.05, 0.1) is 0 Å². The molecule has 0 aromatic heterocycles. The first-order valence-corrected chi connectivity index (χ1v) is 7.72. The summed E-state index contributed by atoms with van der Waals surface area (Å²) in [5, 5.41) is 13.4. The van der Waals surface area contributed by atoms with Gasteiger partial charge < -0.3 is 10.8 Å². The second-order valence-electron chi connectivity index (χ2n) is 5.35. The highest BCUT2D eigenvalue weighted by Gasteiger charge is 2.17. The fourth-order valence-electron chi connectivity index (χ4n) is 2.58. The van der Waals surface area contributed by atoms with E-state index < -0.39 is 6.23 Å². The van der Waals surface area contributed by atoms with Crippen LogP contribution in [-0.2, 0) is 0 Å². The molecule has 3 heteroatoms. The van der Waals surface area contributed by atoms with Crippen molar-refractivity contribution in [1.29, 1.82) is 0 Å². The summed E-state index contributed by atoms with van der Waals surface area (Å²) in [5.41, 5.74) is 6.95. The second kappa shape index (κ2) is 10.2. The number of unbranched alkanes of at least 4 members (excludes halogenated alkanes) is 1. The fraction of sp³-hybridized carbons (Fsp3) is 0.750. The van der Waals surface area contributed by atoms with E-state index in [1.165, 1.54) is 31.3 Å². The Hall–Kier alpha value is -0.640. The quantitative estimate of drug-likeness (QED) is 0.342. The van der Waals surface area contributed by atoms with Crippen LogP contribution in [0.25, 0.3) is 0 Å². The molecule has 0 aliphatic heterocycles. The van der Waals surface area contributed by atoms with E-state index in [1.54, 1.807) is 0 Å². The van der Waals surface area contributed by atoms with Crippen LogP contribution >= 0.6 is 0 Å². The lowest BCUT2D eigenvalue weighted by atomic mass is 9.92. The van der Waals surface area contributed by atoms with Gasteiger partial charge in [-0.25, -0.2) is 0 Å². The Morgan fingerprint density at radius 3 is 2.89 bits per heavy atom. The van der Waals surface area contributed by atoms with Gasteiger partial charge in [-0.05, 0) is 64.8 Å². The lowest BCUT2D eigenvalue weighted by Crippen LogP contribution is -2.39. The highest BCUT2D eigenvalue weighted by Crippen LogP contribution is 2.22. The largest absolute Gasteiger partial charge is 0.379 e. The molecule has 4 N–H and O–H groups in total. The number of allylic oxidation sites excluding steroid dienone is 2. The molecule has 0 amide bonds. The molecule has 0 aromatic carbocycles. The molecule has 0 aromatic rings. The molecule has 1 aliphatic rings. The summed E-state index contributed by atoms with van der Waals surface area (Å²) in [6.07, 6.45) is 14.9. The monoisotopic (exact) mass is 266 g/mol. The van der Waals surface area contributed by atoms with Gasteiger partial charge in [0.2, 0.25) is 0 Å². The molecule has 0 radical (unpaired) electrons. The number of hydrogen-bond acceptors (Lipinski definition) is 3. The molecule has 0 fully saturated rings. The van der Waals surface area contributed by atoms with Crippen LogP contribution in [-0.4, -0.2) is 23.9 Å². The zero-order valence-corrected chi connectivity index (χ0v) is 12.3. The first-order chi connectivity index (χ1) is 9.27. The number of nitrogens with one attached hydrogen (secondary N) is 1. The Labute approximate surface area is 118 Å². The van der Waals surface area contributed by atoms with Gasteiger partial charge in [0.25, 0.3) is 0 Å². The van der Waals surface area contributed by atoms with Crippen molar-refractivity contribution in [1.82, 2.24) is 5.32 Å². The lowest BCUT2D eigenvalue weighted by Gasteiger charge is -2.26. The van der Waals surface area contributed by atoms with Gasteiger partial charge in [0, 0.05) is 6.04 Å². The lowest BCUT2D eigenvalue weighted by molar-refractivity contribution is 0.115. The SMILES string of the molecule is C/C=C/CC(NC(O)CCCCN)C1=CCCCC1. The van der Waals surface area contributed by atoms with Gasteiger partial charge in [0.15, 0.2) is 0 Å². The average molecular weight is 266 g/mol. The molecule has 0 saturated carbocycles. The van der Waals surface area contributed by atoms with Crippen LogP contribution in [0.15, 0.2) is 23.8 Å². The van der Waals surface area contributed by atoms with Gasteiger partial charge in [-0.3, -0.25) is 5.32 Å². The zero-order chi connectivity index (χ0) is 13.9. The van der Waals surface area contributed by atoms with Gasteiger partial charge in [0.1, 0.15) is 6.23 Å². The minimum atomic E-state index is -0.412. The van der Waals surface area contributed by atoms with Crippen LogP contribution in [0, 0.1) is 0 Å². The smallest absolute Gasteiger partial charge is 0.105 e. The topological polar surface area (TPSA) is 58.3 Å². The van der Waals surface area contributed by atoms with E-state index in [9.17, 15) is 5.11 Å². The summed E-state index contributed by atoms with van der Waals surface area (Å²) < 4.78 is 0. The normalized spacial score (nSPS) is 19.4. The zero-order valence-electron chi connectivity index (χ0n) is 12.3. The summed E-state index contributed by atoms with van der Waals surface area (Å²) in [4.78, 5) is 0. The van der Waals surface area contributed by atoms with Gasteiger partial charge in [-0.2, -0.15) is 0 Å². The molecule has 19 heavy (non-hydrogen) atoms. The van der Waals surface area contributed by atoms with Crippen molar-refractivity contribution in [3.8, 4) is 0 Å². The fourth-order valence-corrected chi connectivity index (χ4v) is 2.58. The predicted octanol–water partition coefficient (Wildman–Crippen LogP) is 2.86. The number of hydrogen-bond donors (Lipinski definition) is 3. The van der Waals surface area contributed by atoms with Crippen molar-refractivity contribution >= 4 is 0 Å². The third kappa shape index (κ3) is 6.90. The second-order valence-corrected chi connectivity index (χ2v) is 5.35. The molecule has 2 unspecified atom stereocenters. The van der Waals surface area contributed by atoms with Gasteiger partial charge in [-0.15, -0.1) is 0 Å². The summed E-state index contributed by atoms with van der Waals surface area (Å²) in [6.45, 7) is 2.75. The molecule has 0 bridgehead atoms. The van der Waals surface area contributed by atoms with E-state index in [2.05, 4.69) is 23.5 Å². The Bertz CT molecular complexity index is 286. The Morgan fingerprint density at radius 2 is 2.26 bits per heavy atom. The van der Waals surface area contributed by atoms with Crippen molar-refractivity contribution in [3.05, 3.63) is 23.8 Å². The summed E-state index contributed by atoms with van der Waals surface area (Å²) in [7, 11) is 0.